The summed E-state index contributed by atoms with van der Waals surface area (Å²) in [6, 6.07) is 18.6. The summed E-state index contributed by atoms with van der Waals surface area (Å²) in [6.45, 7) is 8.55. The lowest BCUT2D eigenvalue weighted by molar-refractivity contribution is -0.330. The lowest BCUT2D eigenvalue weighted by atomic mass is 9.84. The fourth-order valence-corrected chi connectivity index (χ4v) is 16.3. The first-order valence-electron chi connectivity index (χ1n) is 38.8. The molecule has 660 valence electrons. The van der Waals surface area contributed by atoms with Gasteiger partial charge in [-0.1, -0.05) is 115 Å². The zero-order valence-corrected chi connectivity index (χ0v) is 70.1. The first-order valence-corrected chi connectivity index (χ1v) is 40.9. The van der Waals surface area contributed by atoms with Gasteiger partial charge in [-0.2, -0.15) is 0 Å². The van der Waals surface area contributed by atoms with Crippen LogP contribution in [0.4, 0.5) is 5.95 Å². The van der Waals surface area contributed by atoms with E-state index in [1.54, 1.807) is 26.0 Å². The summed E-state index contributed by atoms with van der Waals surface area (Å²) in [5.41, 5.74) is 12.6. The maximum Gasteiger partial charge on any atom is 0.330 e. The number of hydrazine groups is 1. The molecule has 8 aromatic rings. The van der Waals surface area contributed by atoms with Crippen molar-refractivity contribution in [2.24, 2.45) is 23.2 Å². The van der Waals surface area contributed by atoms with E-state index in [0.717, 1.165) is 69.5 Å². The molecule has 2 saturated heterocycles. The Kier molecular flexibility index (Phi) is 28.7. The number of aliphatic carboxylic acids is 1. The second-order valence-electron chi connectivity index (χ2n) is 30.8. The van der Waals surface area contributed by atoms with Crippen molar-refractivity contribution in [3.8, 4) is 68.2 Å². The Hall–Kier alpha value is -11.4. The van der Waals surface area contributed by atoms with Crippen LogP contribution >= 0.6 is 46.6 Å². The molecule has 13 rings (SSSR count). The second-order valence-corrected chi connectivity index (χ2v) is 33.1. The number of nitrogens with zero attached hydrogens (tertiary/aromatic N) is 3. The van der Waals surface area contributed by atoms with Gasteiger partial charge in [0.25, 0.3) is 5.95 Å². The number of carbonyl (C=O) groups excluding carboxylic acids is 7. The molecule has 25 N–H and O–H groups in total. The maximum absolute atomic E-state index is 15.6. The van der Waals surface area contributed by atoms with Gasteiger partial charge in [0.2, 0.25) is 58.5 Å². The summed E-state index contributed by atoms with van der Waals surface area (Å²) in [7, 11) is 1.49. The van der Waals surface area contributed by atoms with E-state index in [0.29, 0.717) is 5.02 Å². The number of hydrogen-bond acceptors (Lipinski definition) is 30. The number of hydrogen-bond donors (Lipinski definition) is 21. The van der Waals surface area contributed by atoms with E-state index in [-0.39, 0.29) is 91.5 Å². The van der Waals surface area contributed by atoms with Crippen molar-refractivity contribution in [3.63, 3.8) is 0 Å². The first kappa shape index (κ1) is 91.8. The maximum atomic E-state index is 15.6. The highest BCUT2D eigenvalue weighted by Crippen LogP contribution is 2.50. The number of aliphatic hydroxyl groups is 5. The van der Waals surface area contributed by atoms with Gasteiger partial charge in [-0.15, -0.1) is 10.2 Å². The van der Waals surface area contributed by atoms with Gasteiger partial charge in [-0.05, 0) is 146 Å². The van der Waals surface area contributed by atoms with Gasteiger partial charge in [-0.25, -0.2) is 15.3 Å². The van der Waals surface area contributed by atoms with Crippen LogP contribution in [0.5, 0.6) is 46.0 Å². The molecule has 0 radical (unpaired) electrons. The number of halogens is 3. The molecule has 5 aliphatic rings. The summed E-state index contributed by atoms with van der Waals surface area (Å²) in [5.74, 6) is -4.07. The molecule has 42 heteroatoms. The number of nitrogens with one attached hydrogen (secondary N) is 8. The number of anilines is 1. The molecule has 1 aromatic heterocycles. The fraction of sp³-hybridized carbons (Fsp3) is 0.366. The molecule has 6 heterocycles. The van der Waals surface area contributed by atoms with Crippen molar-refractivity contribution in [2.45, 2.75) is 175 Å². The average Bonchev–Trinajstić information content (AvgIpc) is 0.779. The molecular formula is C82H92Cl3N15O23S. The summed E-state index contributed by atoms with van der Waals surface area (Å²) < 4.78 is 41.5. The predicted octanol–water partition coefficient (Wildman–Crippen LogP) is 4.07. The molecule has 0 spiro atoms. The Morgan fingerprint density at radius 1 is 0.742 bits per heavy atom. The number of nitrogens with two attached hydrogens (primary N) is 4. The van der Waals surface area contributed by atoms with Crippen LogP contribution in [0.25, 0.3) is 22.3 Å². The van der Waals surface area contributed by atoms with Gasteiger partial charge in [0, 0.05) is 52.0 Å². The number of carboxylic acids is 1. The van der Waals surface area contributed by atoms with Gasteiger partial charge >= 0.3 is 5.97 Å². The van der Waals surface area contributed by atoms with E-state index in [1.165, 1.54) is 56.4 Å². The van der Waals surface area contributed by atoms with Crippen molar-refractivity contribution in [3.05, 3.63) is 176 Å². The Labute approximate surface area is 726 Å². The number of fused-ring (bicyclic) bond motifs is 8. The molecule has 7 aromatic carbocycles. The van der Waals surface area contributed by atoms with Crippen LogP contribution in [-0.2, 0) is 59.1 Å². The van der Waals surface area contributed by atoms with Crippen LogP contribution in [0.1, 0.15) is 117 Å². The van der Waals surface area contributed by atoms with E-state index in [4.69, 9.17) is 86.4 Å². The van der Waals surface area contributed by atoms with Gasteiger partial charge in [0.15, 0.2) is 29.9 Å². The van der Waals surface area contributed by atoms with Crippen molar-refractivity contribution in [1.82, 2.24) is 52.1 Å². The highest BCUT2D eigenvalue weighted by atomic mass is 35.5. The van der Waals surface area contributed by atoms with Crippen molar-refractivity contribution in [1.29, 1.82) is 0 Å². The van der Waals surface area contributed by atoms with Crippen LogP contribution in [0.15, 0.2) is 133 Å². The summed E-state index contributed by atoms with van der Waals surface area (Å²) in [5, 5.41) is 133. The van der Waals surface area contributed by atoms with E-state index in [2.05, 4.69) is 52.8 Å². The molecular weight excluding hydrogens is 1700 g/mol. The van der Waals surface area contributed by atoms with Gasteiger partial charge < -0.3 is 129 Å². The smallest absolute Gasteiger partial charge is 0.330 e. The van der Waals surface area contributed by atoms with E-state index in [1.807, 2.05) is 50.2 Å². The molecule has 38 nitrogen and oxygen atoms in total. The van der Waals surface area contributed by atoms with E-state index < -0.39 is 208 Å². The number of phenolic OH excluding ortho intramolecular Hbond substituents is 3. The number of primary amides is 2. The summed E-state index contributed by atoms with van der Waals surface area (Å²) >= 11 is 21.5. The van der Waals surface area contributed by atoms with Crippen molar-refractivity contribution < 1.29 is 113 Å². The quantitative estimate of drug-likeness (QED) is 0.0196. The third kappa shape index (κ3) is 20.5. The summed E-state index contributed by atoms with van der Waals surface area (Å²) in [6.07, 6.45) is -17.9. The van der Waals surface area contributed by atoms with Crippen LogP contribution in [0.2, 0.25) is 15.1 Å². The number of thioether (sulfide) groups is 1. The molecule has 18 atom stereocenters. The Balaban J connectivity index is 1.00. The molecule has 0 saturated carbocycles. The fourth-order valence-electron chi connectivity index (χ4n) is 14.8. The van der Waals surface area contributed by atoms with E-state index >= 15 is 9.59 Å². The largest absolute Gasteiger partial charge is 0.508 e. The zero-order chi connectivity index (χ0) is 89.8. The number of aliphatic hydroxyl groups excluding tert-OH is 5. The Bertz CT molecular complexity index is 5360. The van der Waals surface area contributed by atoms with Gasteiger partial charge in [0.1, 0.15) is 77.3 Å². The van der Waals surface area contributed by atoms with Crippen molar-refractivity contribution in [2.75, 3.05) is 24.1 Å². The third-order valence-corrected chi connectivity index (χ3v) is 23.5. The van der Waals surface area contributed by atoms with Crippen LogP contribution in [0.3, 0.4) is 0 Å². The molecule has 7 amide bonds. The minimum Gasteiger partial charge on any atom is -0.508 e. The number of phenols is 3. The normalized spacial score (nSPS) is 24.2. The highest BCUT2D eigenvalue weighted by molar-refractivity contribution is 7.99. The number of benzene rings is 7. The average molecular weight is 1790 g/mol. The number of rotatable bonds is 27. The van der Waals surface area contributed by atoms with Gasteiger partial charge in [-0.3, -0.25) is 39.0 Å². The number of aromatic hydroxyl groups is 3. The van der Waals surface area contributed by atoms with Crippen molar-refractivity contribution >= 4 is 99.8 Å². The topological polar surface area (TPSA) is 605 Å². The number of carbonyl (C=O) groups is 8. The van der Waals surface area contributed by atoms with Gasteiger partial charge in [0.05, 0.1) is 46.7 Å². The first-order chi connectivity index (χ1) is 58.8. The lowest BCUT2D eigenvalue weighted by Gasteiger charge is -2.48. The monoisotopic (exact) mass is 1790 g/mol. The highest BCUT2D eigenvalue weighted by Gasteiger charge is 2.52. The zero-order valence-electron chi connectivity index (χ0n) is 67.0. The minimum atomic E-state index is -2.20. The second kappa shape index (κ2) is 38.8. The molecule has 124 heavy (non-hydrogen) atoms. The summed E-state index contributed by atoms with van der Waals surface area (Å²) in [4.78, 5) is 112. The number of likely N-dealkylation sites (N-methyl/N-ethyl adjacent to an activating group) is 1. The van der Waals surface area contributed by atoms with Crippen LogP contribution < -0.4 is 80.0 Å². The standard InChI is InChI=1S/C82H92Cl3N15O23S/c1-33(2)21-50(90-6)74(112)95-63(76(114)92-49(72(87)110)29-58(86)104)65(105)40-14-19-53(47(84)23-40)119-55-25-42-26-56(120-54-20-15-41(24-48(54)85)66(106)64-77(115)94-62(78(116)117)46-27-44(101)28-52(103)60(46)45-22-39(13-18-51(45)102)61(75(113)96-64)93-73(111)34(42)3)69(55)123-79-70(68(108)67(107)57(121-79)32-124-81-99-98-80(97-88)100(81)89)122-59-30-82(5,71(109)35(4)118-59)91-31-36-7-9-37(10-8-36)38-11-16-43(83)17-12-38/h7-20,22-28,33-35,49-50,57,59,61-68,70-71,79,90-91,101-103,105-109H,21,29-32,88-89H2,1-6H3,(H2,86,104)(H2,87,110)(H,92,114)(H,93,111)(H,94,115)(H,95,112)(H,96,113)(H,97,98)(H,116,117)/t34-,35?,49+,50-,57?,59?,61-,62-,63-,64?,65-,66-,67?,68?,70?,71?,79?,82?/m1/s1. The van der Waals surface area contributed by atoms with E-state index in [9.17, 15) is 74.7 Å². The predicted molar refractivity (Wildman–Crippen MR) is 447 cm³/mol. The Morgan fingerprint density at radius 2 is 1.44 bits per heavy atom. The van der Waals surface area contributed by atoms with Crippen LogP contribution in [0, 0.1) is 5.92 Å². The molecule has 10 unspecified atom stereocenters. The van der Waals surface area contributed by atoms with Crippen LogP contribution in [-0.4, -0.2) is 200 Å². The number of ether oxygens (including phenoxy) is 6. The molecule has 0 aliphatic carbocycles. The third-order valence-electron chi connectivity index (χ3n) is 21.6. The lowest BCUT2D eigenvalue weighted by Crippen LogP contribution is -2.65. The Morgan fingerprint density at radius 3 is 2.09 bits per heavy atom. The molecule has 5 aliphatic heterocycles. The minimum absolute atomic E-state index is 0.0236. The SMILES string of the molecule is CN[C@H](CC(C)C)C(=O)N[C@@H](C(=O)N[C@@H](CC(N)=O)C(N)=O)[C@H](O)c1ccc(Oc2cc3cc(c2OC2OC(CSc4nnc(NN)n4N)C(O)C(O)C2OC2CC(C)(NCc4ccc(-c5ccc(Cl)cc5)cc4)C(O)C(C)O2)Oc2ccc(cc2Cl)[C@@H](O)C2NC(=O)[C@H](NC(=O)[C@@H]3C)c3ccc(O)c(c3)-c3c(O)cc(O)cc3[C@H](C(=O)O)NC2=O)c(Cl)c1. The number of nitrogen functional groups attached to an aromatic ring is 2. The molecule has 8 bridgehead atoms. The molecule has 2 fully saturated rings. The number of amides is 7. The number of carboxylic acid groups (broad SMARTS) is 1. The number of aromatic nitrogens is 3.